The number of primary amides is 1. The van der Waals surface area contributed by atoms with Gasteiger partial charge in [0, 0.05) is 12.6 Å². The molecule has 0 atom stereocenters. The van der Waals surface area contributed by atoms with Crippen molar-refractivity contribution in [3.8, 4) is 0 Å². The summed E-state index contributed by atoms with van der Waals surface area (Å²) >= 11 is 0. The largest absolute Gasteiger partial charge is 0.369 e. The highest BCUT2D eigenvalue weighted by Crippen LogP contribution is 2.07. The fourth-order valence-electron chi connectivity index (χ4n) is 0.967. The summed E-state index contributed by atoms with van der Waals surface area (Å²) < 4.78 is 12.8. The maximum absolute atomic E-state index is 12.8. The van der Waals surface area contributed by atoms with Crippen LogP contribution in [0.4, 0.5) is 4.39 Å². The predicted octanol–water partition coefficient (Wildman–Crippen LogP) is 0.922. The van der Waals surface area contributed by atoms with Gasteiger partial charge in [0.25, 0.3) is 0 Å². The first-order valence-electron chi connectivity index (χ1n) is 4.19. The van der Waals surface area contributed by atoms with Gasteiger partial charge in [-0.3, -0.25) is 9.59 Å². The normalized spacial score (nSPS) is 10.5. The van der Waals surface area contributed by atoms with Crippen LogP contribution in [0.5, 0.6) is 0 Å². The molecule has 0 aromatic carbocycles. The minimum absolute atomic E-state index is 0.0911. The third kappa shape index (κ3) is 3.30. The molecule has 78 valence electrons. The number of hydrogen-bond acceptors (Lipinski definition) is 3. The van der Waals surface area contributed by atoms with Crippen LogP contribution in [0.25, 0.3) is 6.08 Å². The standard InChI is InChI=1S/C10H9FN2O2/c11-10-8(6-14)4-7(5-13-10)2-1-3-9(12)15/h1-2,4-6H,3H2,(H2,12,15). The molecular formula is C10H9FN2O2. The Bertz CT molecular complexity index is 416. The number of aromatic nitrogens is 1. The second kappa shape index (κ2) is 4.99. The van der Waals surface area contributed by atoms with E-state index in [0.717, 1.165) is 0 Å². The number of pyridine rings is 1. The molecule has 1 aromatic heterocycles. The van der Waals surface area contributed by atoms with Crippen LogP contribution in [0.2, 0.25) is 0 Å². The number of halogens is 1. The summed E-state index contributed by atoms with van der Waals surface area (Å²) in [5.41, 5.74) is 5.34. The molecule has 1 aromatic rings. The van der Waals surface area contributed by atoms with Gasteiger partial charge >= 0.3 is 0 Å². The van der Waals surface area contributed by atoms with E-state index in [1.54, 1.807) is 6.08 Å². The maximum Gasteiger partial charge on any atom is 0.223 e. The molecule has 2 N–H and O–H groups in total. The zero-order chi connectivity index (χ0) is 11.3. The van der Waals surface area contributed by atoms with E-state index >= 15 is 0 Å². The van der Waals surface area contributed by atoms with Gasteiger partial charge in [-0.2, -0.15) is 4.39 Å². The van der Waals surface area contributed by atoms with Crippen LogP contribution in [-0.4, -0.2) is 17.2 Å². The highest BCUT2D eigenvalue weighted by atomic mass is 19.1. The number of amides is 1. The van der Waals surface area contributed by atoms with E-state index in [-0.39, 0.29) is 12.0 Å². The summed E-state index contributed by atoms with van der Waals surface area (Å²) in [6, 6.07) is 1.34. The molecule has 1 rings (SSSR count). The Morgan fingerprint density at radius 1 is 1.60 bits per heavy atom. The van der Waals surface area contributed by atoms with Crippen LogP contribution < -0.4 is 5.73 Å². The summed E-state index contributed by atoms with van der Waals surface area (Å²) in [6.45, 7) is 0. The molecule has 0 fully saturated rings. The van der Waals surface area contributed by atoms with Crippen LogP contribution in [0.1, 0.15) is 22.3 Å². The fourth-order valence-corrected chi connectivity index (χ4v) is 0.967. The molecule has 1 amide bonds. The Balaban J connectivity index is 2.82. The molecule has 15 heavy (non-hydrogen) atoms. The van der Waals surface area contributed by atoms with Gasteiger partial charge < -0.3 is 5.73 Å². The first kappa shape index (κ1) is 11.0. The lowest BCUT2D eigenvalue weighted by Gasteiger charge is -1.95. The van der Waals surface area contributed by atoms with Gasteiger partial charge in [0.2, 0.25) is 11.9 Å². The summed E-state index contributed by atoms with van der Waals surface area (Å²) in [6.07, 6.45) is 4.80. The van der Waals surface area contributed by atoms with E-state index in [1.807, 2.05) is 0 Å². The molecule has 0 spiro atoms. The Labute approximate surface area is 85.6 Å². The van der Waals surface area contributed by atoms with E-state index in [0.29, 0.717) is 11.8 Å². The minimum Gasteiger partial charge on any atom is -0.369 e. The lowest BCUT2D eigenvalue weighted by molar-refractivity contribution is -0.117. The number of nitrogens with two attached hydrogens (primary N) is 1. The van der Waals surface area contributed by atoms with Crippen LogP contribution in [-0.2, 0) is 4.79 Å². The number of carbonyl (C=O) groups is 2. The van der Waals surface area contributed by atoms with Crippen molar-refractivity contribution in [3.05, 3.63) is 35.4 Å². The summed E-state index contributed by atoms with van der Waals surface area (Å²) in [5, 5.41) is 0. The lowest BCUT2D eigenvalue weighted by Crippen LogP contribution is -2.07. The smallest absolute Gasteiger partial charge is 0.223 e. The molecular weight excluding hydrogens is 199 g/mol. The second-order valence-electron chi connectivity index (χ2n) is 2.84. The highest BCUT2D eigenvalue weighted by molar-refractivity contribution is 5.78. The van der Waals surface area contributed by atoms with Gasteiger partial charge in [0.1, 0.15) is 0 Å². The van der Waals surface area contributed by atoms with Gasteiger partial charge in [0.05, 0.1) is 5.56 Å². The molecule has 0 unspecified atom stereocenters. The quantitative estimate of drug-likeness (QED) is 0.590. The van der Waals surface area contributed by atoms with Crippen LogP contribution in [0.15, 0.2) is 18.3 Å². The Hall–Kier alpha value is -2.04. The molecule has 0 saturated carbocycles. The molecule has 0 aliphatic carbocycles. The third-order valence-electron chi connectivity index (χ3n) is 1.64. The average molecular weight is 208 g/mol. The predicted molar refractivity (Wildman–Crippen MR) is 52.4 cm³/mol. The van der Waals surface area contributed by atoms with Gasteiger partial charge in [-0.1, -0.05) is 12.2 Å². The van der Waals surface area contributed by atoms with Crippen molar-refractivity contribution in [1.29, 1.82) is 0 Å². The Morgan fingerprint density at radius 2 is 2.33 bits per heavy atom. The SMILES string of the molecule is NC(=O)CC=Cc1cnc(F)c(C=O)c1. The molecule has 0 saturated heterocycles. The third-order valence-corrected chi connectivity index (χ3v) is 1.64. The first-order chi connectivity index (χ1) is 7.13. The number of carbonyl (C=O) groups excluding carboxylic acids is 2. The fraction of sp³-hybridized carbons (Fsp3) is 0.100. The molecule has 1 heterocycles. The zero-order valence-corrected chi connectivity index (χ0v) is 7.81. The van der Waals surface area contributed by atoms with Gasteiger partial charge in [0.15, 0.2) is 6.29 Å². The summed E-state index contributed by atoms with van der Waals surface area (Å²) in [4.78, 5) is 24.2. The second-order valence-corrected chi connectivity index (χ2v) is 2.84. The van der Waals surface area contributed by atoms with Crippen molar-refractivity contribution >= 4 is 18.3 Å². The molecule has 0 aliphatic heterocycles. The number of nitrogens with zero attached hydrogens (tertiary/aromatic N) is 1. The van der Waals surface area contributed by atoms with Crippen molar-refractivity contribution in [3.63, 3.8) is 0 Å². The van der Waals surface area contributed by atoms with Crippen molar-refractivity contribution in [2.24, 2.45) is 5.73 Å². The topological polar surface area (TPSA) is 73.1 Å². The molecule has 0 aliphatic rings. The zero-order valence-electron chi connectivity index (χ0n) is 7.81. The van der Waals surface area contributed by atoms with E-state index in [2.05, 4.69) is 4.98 Å². The van der Waals surface area contributed by atoms with Gasteiger partial charge in [-0.25, -0.2) is 4.98 Å². The summed E-state index contributed by atoms with van der Waals surface area (Å²) in [5.74, 6) is -1.27. The number of hydrogen-bond donors (Lipinski definition) is 1. The minimum atomic E-state index is -0.808. The highest BCUT2D eigenvalue weighted by Gasteiger charge is 2.01. The van der Waals surface area contributed by atoms with Crippen molar-refractivity contribution < 1.29 is 14.0 Å². The Kier molecular flexibility index (Phi) is 3.68. The average Bonchev–Trinajstić information content (AvgIpc) is 2.20. The van der Waals surface area contributed by atoms with E-state index < -0.39 is 11.9 Å². The molecule has 0 radical (unpaired) electrons. The van der Waals surface area contributed by atoms with Gasteiger partial charge in [-0.05, 0) is 11.6 Å². The molecule has 5 heteroatoms. The van der Waals surface area contributed by atoms with Gasteiger partial charge in [-0.15, -0.1) is 0 Å². The van der Waals surface area contributed by atoms with Crippen LogP contribution in [0.3, 0.4) is 0 Å². The number of rotatable bonds is 4. The van der Waals surface area contributed by atoms with Crippen molar-refractivity contribution in [2.75, 3.05) is 0 Å². The molecule has 4 nitrogen and oxygen atoms in total. The summed E-state index contributed by atoms with van der Waals surface area (Å²) in [7, 11) is 0. The van der Waals surface area contributed by atoms with Crippen molar-refractivity contribution in [1.82, 2.24) is 4.98 Å². The van der Waals surface area contributed by atoms with Crippen molar-refractivity contribution in [2.45, 2.75) is 6.42 Å². The maximum atomic E-state index is 12.8. The van der Waals surface area contributed by atoms with E-state index in [4.69, 9.17) is 5.73 Å². The van der Waals surface area contributed by atoms with Crippen LogP contribution >= 0.6 is 0 Å². The van der Waals surface area contributed by atoms with E-state index in [1.165, 1.54) is 18.3 Å². The number of aldehydes is 1. The monoisotopic (exact) mass is 208 g/mol. The Morgan fingerprint density at radius 3 is 2.93 bits per heavy atom. The molecule has 0 bridgehead atoms. The van der Waals surface area contributed by atoms with Crippen LogP contribution in [0, 0.1) is 5.95 Å². The van der Waals surface area contributed by atoms with E-state index in [9.17, 15) is 14.0 Å². The first-order valence-corrected chi connectivity index (χ1v) is 4.19. The lowest BCUT2D eigenvalue weighted by atomic mass is 10.2.